The van der Waals surface area contributed by atoms with Crippen molar-refractivity contribution in [1.82, 2.24) is 25.1 Å². The molecular weight excluding hydrogens is 314 g/mol. The number of hydrogen-bond acceptors (Lipinski definition) is 7. The number of carbonyl (C=O) groups excluding carboxylic acids is 1. The Morgan fingerprint density at radius 2 is 2.13 bits per heavy atom. The molecule has 1 saturated heterocycles. The first-order valence-electron chi connectivity index (χ1n) is 8.13. The Kier molecular flexibility index (Phi) is 3.84. The molecule has 2 aromatic rings. The van der Waals surface area contributed by atoms with Crippen LogP contribution in [0.15, 0.2) is 4.42 Å². The van der Waals surface area contributed by atoms with E-state index in [4.69, 9.17) is 4.42 Å². The highest BCUT2D eigenvalue weighted by atomic mass is 32.1. The summed E-state index contributed by atoms with van der Waals surface area (Å²) in [5.41, 5.74) is 0.634. The fourth-order valence-electron chi connectivity index (χ4n) is 3.70. The van der Waals surface area contributed by atoms with Crippen LogP contribution >= 0.6 is 11.5 Å². The van der Waals surface area contributed by atoms with E-state index in [0.29, 0.717) is 35.9 Å². The number of piperidine rings is 1. The third-order valence-corrected chi connectivity index (χ3v) is 5.57. The summed E-state index contributed by atoms with van der Waals surface area (Å²) >= 11 is 1.30. The predicted molar refractivity (Wildman–Crippen MR) is 83.6 cm³/mol. The van der Waals surface area contributed by atoms with Gasteiger partial charge in [-0.2, -0.15) is 0 Å². The van der Waals surface area contributed by atoms with Crippen LogP contribution in [-0.4, -0.2) is 31.7 Å². The summed E-state index contributed by atoms with van der Waals surface area (Å²) in [6.45, 7) is 1.92. The molecule has 1 saturated carbocycles. The normalized spacial score (nSPS) is 27.5. The minimum Gasteiger partial charge on any atom is -0.419 e. The Morgan fingerprint density at radius 1 is 1.26 bits per heavy atom. The second kappa shape index (κ2) is 5.99. The van der Waals surface area contributed by atoms with Crippen LogP contribution in [0.25, 0.3) is 11.6 Å². The molecule has 1 aliphatic carbocycles. The average molecular weight is 333 g/mol. The lowest BCUT2D eigenvalue weighted by Crippen LogP contribution is -2.51. The molecule has 3 unspecified atom stereocenters. The highest BCUT2D eigenvalue weighted by Crippen LogP contribution is 2.34. The van der Waals surface area contributed by atoms with E-state index < -0.39 is 0 Å². The highest BCUT2D eigenvalue weighted by Gasteiger charge is 2.37. The van der Waals surface area contributed by atoms with Gasteiger partial charge >= 0.3 is 0 Å². The number of fused-ring (bicyclic) bond motifs is 1. The molecule has 3 heterocycles. The van der Waals surface area contributed by atoms with E-state index in [1.807, 2.05) is 6.92 Å². The first-order valence-corrected chi connectivity index (χ1v) is 8.90. The van der Waals surface area contributed by atoms with Gasteiger partial charge in [0, 0.05) is 18.4 Å². The number of rotatable bonds is 3. The summed E-state index contributed by atoms with van der Waals surface area (Å²) in [5.74, 6) is 1.54. The fraction of sp³-hybridized carbons (Fsp3) is 0.667. The summed E-state index contributed by atoms with van der Waals surface area (Å²) in [6, 6.07) is 0.370. The molecule has 1 amide bonds. The van der Waals surface area contributed by atoms with Crippen molar-refractivity contribution in [2.24, 2.45) is 11.8 Å². The van der Waals surface area contributed by atoms with Gasteiger partial charge in [0.1, 0.15) is 0 Å². The first kappa shape index (κ1) is 14.7. The Hall–Kier alpha value is -1.83. The van der Waals surface area contributed by atoms with Gasteiger partial charge in [-0.05, 0) is 43.6 Å². The third kappa shape index (κ3) is 2.87. The summed E-state index contributed by atoms with van der Waals surface area (Å²) in [7, 11) is 0. The van der Waals surface area contributed by atoms with Gasteiger partial charge in [0.05, 0.1) is 4.88 Å². The van der Waals surface area contributed by atoms with Gasteiger partial charge in [0.25, 0.3) is 5.89 Å². The van der Waals surface area contributed by atoms with Crippen LogP contribution in [-0.2, 0) is 11.2 Å². The summed E-state index contributed by atoms with van der Waals surface area (Å²) in [4.78, 5) is 13.3. The number of aryl methyl sites for hydroxylation is 1. The molecule has 1 N–H and O–H groups in total. The van der Waals surface area contributed by atoms with Crippen molar-refractivity contribution in [2.75, 3.05) is 0 Å². The van der Waals surface area contributed by atoms with Crippen LogP contribution in [0, 0.1) is 18.8 Å². The molecule has 2 fully saturated rings. The Labute approximate surface area is 138 Å². The van der Waals surface area contributed by atoms with Crippen molar-refractivity contribution in [3.05, 3.63) is 10.8 Å². The van der Waals surface area contributed by atoms with Crippen LogP contribution in [0.2, 0.25) is 0 Å². The number of nitrogens with zero attached hydrogens (tertiary/aromatic N) is 4. The lowest BCUT2D eigenvalue weighted by atomic mass is 9.75. The van der Waals surface area contributed by atoms with Gasteiger partial charge in [-0.3, -0.25) is 4.79 Å². The fourth-order valence-corrected chi connectivity index (χ4v) is 4.16. The lowest BCUT2D eigenvalue weighted by Gasteiger charge is -2.39. The van der Waals surface area contributed by atoms with Crippen LogP contribution in [0.3, 0.4) is 0 Å². The van der Waals surface area contributed by atoms with Gasteiger partial charge in [-0.1, -0.05) is 17.3 Å². The van der Waals surface area contributed by atoms with Crippen LogP contribution in [0.5, 0.6) is 0 Å². The zero-order valence-corrected chi connectivity index (χ0v) is 13.8. The van der Waals surface area contributed by atoms with Crippen molar-refractivity contribution in [1.29, 1.82) is 0 Å². The second-order valence-electron chi connectivity index (χ2n) is 6.48. The number of aromatic nitrogens is 4. The second-order valence-corrected chi connectivity index (χ2v) is 7.43. The molecule has 7 nitrogen and oxygen atoms in total. The minimum atomic E-state index is -0.0719. The van der Waals surface area contributed by atoms with Gasteiger partial charge in [0.15, 0.2) is 5.69 Å². The maximum Gasteiger partial charge on any atom is 0.269 e. The van der Waals surface area contributed by atoms with E-state index in [-0.39, 0.29) is 11.8 Å². The van der Waals surface area contributed by atoms with E-state index in [2.05, 4.69) is 25.1 Å². The van der Waals surface area contributed by atoms with Crippen molar-refractivity contribution in [2.45, 2.75) is 51.5 Å². The molecule has 2 aliphatic rings. The molecule has 1 aliphatic heterocycles. The topological polar surface area (TPSA) is 93.8 Å². The molecule has 0 spiro atoms. The molecule has 23 heavy (non-hydrogen) atoms. The SMILES string of the molecule is Cc1snnc1-c1nnc(CC2CC3CCCCC3NC2=O)o1. The van der Waals surface area contributed by atoms with E-state index in [9.17, 15) is 4.79 Å². The maximum atomic E-state index is 12.3. The molecular formula is C15H19N5O2S. The molecule has 0 radical (unpaired) electrons. The molecule has 2 aromatic heterocycles. The lowest BCUT2D eigenvalue weighted by molar-refractivity contribution is -0.130. The van der Waals surface area contributed by atoms with E-state index >= 15 is 0 Å². The van der Waals surface area contributed by atoms with E-state index in [1.165, 1.54) is 30.8 Å². The minimum absolute atomic E-state index is 0.0719. The number of amides is 1. The zero-order chi connectivity index (χ0) is 15.8. The third-order valence-electron chi connectivity index (χ3n) is 4.94. The molecule has 122 valence electrons. The maximum absolute atomic E-state index is 12.3. The van der Waals surface area contributed by atoms with Crippen LogP contribution < -0.4 is 5.32 Å². The van der Waals surface area contributed by atoms with Crippen molar-refractivity contribution < 1.29 is 9.21 Å². The number of carbonyl (C=O) groups is 1. The van der Waals surface area contributed by atoms with Gasteiger partial charge in [0.2, 0.25) is 11.8 Å². The molecule has 0 bridgehead atoms. The number of hydrogen-bond donors (Lipinski definition) is 1. The summed E-state index contributed by atoms with van der Waals surface area (Å²) < 4.78 is 9.58. The molecule has 8 heteroatoms. The summed E-state index contributed by atoms with van der Waals surface area (Å²) in [5, 5.41) is 15.3. The highest BCUT2D eigenvalue weighted by molar-refractivity contribution is 7.05. The van der Waals surface area contributed by atoms with Gasteiger partial charge in [-0.25, -0.2) is 0 Å². The average Bonchev–Trinajstić information content (AvgIpc) is 3.16. The van der Waals surface area contributed by atoms with Crippen molar-refractivity contribution in [3.63, 3.8) is 0 Å². The largest absolute Gasteiger partial charge is 0.419 e. The van der Waals surface area contributed by atoms with Crippen LogP contribution in [0.1, 0.15) is 42.9 Å². The first-order chi connectivity index (χ1) is 11.2. The smallest absolute Gasteiger partial charge is 0.269 e. The molecule has 4 rings (SSSR count). The standard InChI is InChI=1S/C15H19N5O2S/c1-8-13(18-20-23-8)15-19-17-12(22-15)7-10-6-9-4-2-3-5-11(9)16-14(10)21/h9-11H,2-7H2,1H3,(H,16,21). The van der Waals surface area contributed by atoms with E-state index in [0.717, 1.165) is 17.7 Å². The molecule has 0 aromatic carbocycles. The van der Waals surface area contributed by atoms with Gasteiger partial charge in [-0.15, -0.1) is 15.3 Å². The summed E-state index contributed by atoms with van der Waals surface area (Å²) in [6.07, 6.45) is 6.24. The van der Waals surface area contributed by atoms with Gasteiger partial charge < -0.3 is 9.73 Å². The monoisotopic (exact) mass is 333 g/mol. The Bertz CT molecular complexity index is 712. The zero-order valence-electron chi connectivity index (χ0n) is 13.0. The van der Waals surface area contributed by atoms with E-state index in [1.54, 1.807) is 0 Å². The van der Waals surface area contributed by atoms with Crippen molar-refractivity contribution >= 4 is 17.4 Å². The molecule has 3 atom stereocenters. The predicted octanol–water partition coefficient (Wildman–Crippen LogP) is 2.13. The number of nitrogens with one attached hydrogen (secondary N) is 1. The van der Waals surface area contributed by atoms with Crippen molar-refractivity contribution in [3.8, 4) is 11.6 Å². The Balaban J connectivity index is 1.47. The quantitative estimate of drug-likeness (QED) is 0.925. The van der Waals surface area contributed by atoms with Crippen LogP contribution in [0.4, 0.5) is 0 Å². The Morgan fingerprint density at radius 3 is 2.96 bits per heavy atom.